The Hall–Kier alpha value is -1.07. The molecule has 4 N–H and O–H groups in total. The van der Waals surface area contributed by atoms with Gasteiger partial charge in [0.1, 0.15) is 0 Å². The summed E-state index contributed by atoms with van der Waals surface area (Å²) in [6, 6.07) is 0. The van der Waals surface area contributed by atoms with Gasteiger partial charge in [-0.3, -0.25) is 14.3 Å². The summed E-state index contributed by atoms with van der Waals surface area (Å²) in [6.07, 6.45) is 1.30. The number of aromatic amines is 1. The molecular weight excluding hydrogens is 428 g/mol. The third-order valence-corrected chi connectivity index (χ3v) is 7.59. The predicted molar refractivity (Wildman–Crippen MR) is 91.4 cm³/mol. The zero-order chi connectivity index (χ0) is 20.6. The highest BCUT2D eigenvalue weighted by Crippen LogP contribution is 2.66. The minimum atomic E-state index is -5.41. The molecule has 0 spiro atoms. The van der Waals surface area contributed by atoms with E-state index in [-0.39, 0.29) is 5.56 Å². The Balaban J connectivity index is 2.07. The standard InChI is InChI=1S/C10H14BN2O11P3/c1-6-4-13(10(15)12-9(6)14)8-3-2-7(22-8)5-25(11,16)23-27(20,21)24-26(17,18)19/h2-4,7-8H,5H2,1H3,(H,20,21)(H,12,14,15)(H2,17,18,19)/t7-,8+,25?/m0/s1. The minimum Gasteiger partial charge on any atom is -0.346 e. The number of H-pyrrole nitrogens is 1. The van der Waals surface area contributed by atoms with Gasteiger partial charge in [0.25, 0.3) is 5.56 Å². The first-order valence-electron chi connectivity index (χ1n) is 7.02. The quantitative estimate of drug-likeness (QED) is 0.250. The zero-order valence-electron chi connectivity index (χ0n) is 13.6. The van der Waals surface area contributed by atoms with Crippen LogP contribution in [0.15, 0.2) is 27.9 Å². The number of nitrogens with one attached hydrogen (secondary N) is 1. The van der Waals surface area contributed by atoms with Crippen LogP contribution in [0.5, 0.6) is 0 Å². The minimum absolute atomic E-state index is 0.235. The maximum atomic E-state index is 12.1. The van der Waals surface area contributed by atoms with Gasteiger partial charge in [0.05, 0.1) is 6.10 Å². The van der Waals surface area contributed by atoms with Crippen LogP contribution < -0.4 is 11.2 Å². The van der Waals surface area contributed by atoms with Crippen molar-refractivity contribution in [2.24, 2.45) is 0 Å². The van der Waals surface area contributed by atoms with Gasteiger partial charge in [-0.15, -0.1) is 0 Å². The molecule has 1 aromatic rings. The van der Waals surface area contributed by atoms with Crippen LogP contribution in [0, 0.1) is 6.92 Å². The topological polar surface area (TPSA) is 194 Å². The third-order valence-electron chi connectivity index (χ3n) is 3.11. The Kier molecular flexibility index (Phi) is 6.38. The summed E-state index contributed by atoms with van der Waals surface area (Å²) in [5, 5.41) is 0. The molecule has 2 heterocycles. The predicted octanol–water partition coefficient (Wildman–Crippen LogP) is -0.113. The van der Waals surface area contributed by atoms with Crippen LogP contribution in [0.1, 0.15) is 11.8 Å². The van der Waals surface area contributed by atoms with Crippen molar-refractivity contribution in [3.8, 4) is 0 Å². The van der Waals surface area contributed by atoms with Crippen LogP contribution in [-0.2, 0) is 27.1 Å². The van der Waals surface area contributed by atoms with Crippen LogP contribution in [0.4, 0.5) is 0 Å². The molecule has 0 saturated carbocycles. The number of phosphoric acid groups is 2. The van der Waals surface area contributed by atoms with Crippen molar-refractivity contribution in [1.29, 1.82) is 0 Å². The van der Waals surface area contributed by atoms with Gasteiger partial charge >= 0.3 is 21.3 Å². The van der Waals surface area contributed by atoms with Crippen molar-refractivity contribution in [3.63, 3.8) is 0 Å². The van der Waals surface area contributed by atoms with E-state index in [1.165, 1.54) is 25.3 Å². The van der Waals surface area contributed by atoms with E-state index in [1.807, 2.05) is 0 Å². The van der Waals surface area contributed by atoms with Crippen molar-refractivity contribution in [1.82, 2.24) is 9.55 Å². The molecule has 4 atom stereocenters. The molecule has 27 heavy (non-hydrogen) atoms. The summed E-state index contributed by atoms with van der Waals surface area (Å²) in [5.74, 6) is 0. The Morgan fingerprint density at radius 2 is 1.85 bits per heavy atom. The summed E-state index contributed by atoms with van der Waals surface area (Å²) in [7, 11) is -9.91. The van der Waals surface area contributed by atoms with E-state index < -0.39 is 52.6 Å². The molecule has 148 valence electrons. The Bertz CT molecular complexity index is 1010. The van der Waals surface area contributed by atoms with Crippen LogP contribution in [0.2, 0.25) is 0 Å². The fourth-order valence-electron chi connectivity index (χ4n) is 2.13. The van der Waals surface area contributed by atoms with E-state index in [0.717, 1.165) is 4.57 Å². The molecule has 13 nitrogen and oxygen atoms in total. The monoisotopic (exact) mass is 442 g/mol. The van der Waals surface area contributed by atoms with E-state index in [1.54, 1.807) is 0 Å². The van der Waals surface area contributed by atoms with Gasteiger partial charge in [-0.1, -0.05) is 6.08 Å². The van der Waals surface area contributed by atoms with Gasteiger partial charge in [-0.05, 0) is 13.0 Å². The second-order valence-electron chi connectivity index (χ2n) is 5.46. The number of hydrogen-bond donors (Lipinski definition) is 4. The maximum Gasteiger partial charge on any atom is 0.486 e. The average Bonchev–Trinajstić information content (AvgIpc) is 2.85. The first-order chi connectivity index (χ1) is 12.2. The highest BCUT2D eigenvalue weighted by molar-refractivity contribution is 7.87. The van der Waals surface area contributed by atoms with Crippen LogP contribution in [-0.4, -0.2) is 44.1 Å². The number of aromatic nitrogens is 2. The average molecular weight is 442 g/mol. The molecule has 0 fully saturated rings. The second kappa shape index (κ2) is 7.75. The lowest BCUT2D eigenvalue weighted by molar-refractivity contribution is 0.0252. The largest absolute Gasteiger partial charge is 0.486 e. The number of hydrogen-bond acceptors (Lipinski definition) is 8. The van der Waals surface area contributed by atoms with Crippen LogP contribution in [0.3, 0.4) is 0 Å². The second-order valence-corrected chi connectivity index (χ2v) is 10.5. The normalized spacial score (nSPS) is 24.4. The van der Waals surface area contributed by atoms with E-state index in [0.29, 0.717) is 0 Å². The Morgan fingerprint density at radius 1 is 1.22 bits per heavy atom. The SMILES string of the molecule is [B]P(=O)(C[C@@H]1C=C[C@H](n2cc(C)c(=O)[nH]c2=O)O1)OP(=O)(O)OP(=O)(O)O. The summed E-state index contributed by atoms with van der Waals surface area (Å²) in [6.45, 7) is 1.46. The van der Waals surface area contributed by atoms with E-state index in [4.69, 9.17) is 22.1 Å². The number of ether oxygens (including phenoxy) is 1. The highest BCUT2D eigenvalue weighted by atomic mass is 31.3. The van der Waals surface area contributed by atoms with Crippen molar-refractivity contribution in [2.75, 3.05) is 6.16 Å². The first-order valence-corrected chi connectivity index (χ1v) is 11.9. The molecule has 2 rings (SSSR count). The van der Waals surface area contributed by atoms with Gasteiger partial charge in [-0.2, -0.15) is 4.31 Å². The number of nitrogens with zero attached hydrogens (tertiary/aromatic N) is 1. The summed E-state index contributed by atoms with van der Waals surface area (Å²) in [4.78, 5) is 51.5. The van der Waals surface area contributed by atoms with Crippen LogP contribution >= 0.6 is 22.9 Å². The van der Waals surface area contributed by atoms with Crippen molar-refractivity contribution < 1.29 is 41.7 Å². The van der Waals surface area contributed by atoms with E-state index in [9.17, 15) is 28.2 Å². The lowest BCUT2D eigenvalue weighted by Gasteiger charge is -2.21. The number of rotatable bonds is 7. The molecular formula is C10H14BN2O11P3. The fourth-order valence-corrected chi connectivity index (χ4v) is 5.97. The summed E-state index contributed by atoms with van der Waals surface area (Å²) in [5.41, 5.74) is -1.10. The Labute approximate surface area is 152 Å². The van der Waals surface area contributed by atoms with Gasteiger partial charge in [0, 0.05) is 17.9 Å². The molecule has 17 heteroatoms. The highest BCUT2D eigenvalue weighted by Gasteiger charge is 2.39. The fraction of sp³-hybridized carbons (Fsp3) is 0.400. The molecule has 1 aromatic heterocycles. The third kappa shape index (κ3) is 6.50. The van der Waals surface area contributed by atoms with Crippen molar-refractivity contribution in [3.05, 3.63) is 44.8 Å². The number of aryl methyl sites for hydroxylation is 1. The lowest BCUT2D eigenvalue weighted by Crippen LogP contribution is -2.33. The van der Waals surface area contributed by atoms with Crippen molar-refractivity contribution in [2.45, 2.75) is 19.3 Å². The molecule has 2 radical (unpaired) electrons. The van der Waals surface area contributed by atoms with Gasteiger partial charge in [-0.25, -0.2) is 18.2 Å². The molecule has 0 amide bonds. The zero-order valence-corrected chi connectivity index (χ0v) is 16.3. The molecule has 1 aliphatic rings. The molecule has 1 aliphatic heterocycles. The molecule has 2 unspecified atom stereocenters. The van der Waals surface area contributed by atoms with Crippen molar-refractivity contribution >= 4 is 30.5 Å². The first kappa shape index (κ1) is 22.2. The van der Waals surface area contributed by atoms with Gasteiger partial charge < -0.3 is 24.0 Å². The van der Waals surface area contributed by atoms with E-state index >= 15 is 0 Å². The molecule has 0 aromatic carbocycles. The molecule has 0 aliphatic carbocycles. The lowest BCUT2D eigenvalue weighted by atomic mass is 10.3. The summed E-state index contributed by atoms with van der Waals surface area (Å²) < 4.78 is 48.3. The smallest absolute Gasteiger partial charge is 0.346 e. The summed E-state index contributed by atoms with van der Waals surface area (Å²) >= 11 is 0. The van der Waals surface area contributed by atoms with Crippen LogP contribution in [0.25, 0.3) is 0 Å². The van der Waals surface area contributed by atoms with E-state index in [2.05, 4.69) is 13.6 Å². The Morgan fingerprint density at radius 3 is 2.44 bits per heavy atom. The van der Waals surface area contributed by atoms with Gasteiger partial charge in [0.2, 0.25) is 7.57 Å². The van der Waals surface area contributed by atoms with Gasteiger partial charge in [0.15, 0.2) is 13.5 Å². The maximum absolute atomic E-state index is 12.1. The molecule has 0 saturated heterocycles. The molecule has 0 bridgehead atoms.